The molecule has 0 unspecified atom stereocenters. The number of carbonyl (C=O) groups is 1. The number of nitrogens with one attached hydrogen (secondary N) is 1. The molecule has 1 fully saturated rings. The standard InChI is InChI=1S/C12H17N3O3/c16-9-5-2-1-4-8(10(9)17)15-12(18)11-13-6-3-7-14-11/h3,6-10,16-17H,1-2,4-5H2,(H,15,18)/t8-,9-,10-/m1/s1. The van der Waals surface area contributed by atoms with Gasteiger partial charge in [0.05, 0.1) is 12.1 Å². The van der Waals surface area contributed by atoms with Gasteiger partial charge in [-0.2, -0.15) is 0 Å². The summed E-state index contributed by atoms with van der Waals surface area (Å²) in [6.45, 7) is 0. The zero-order valence-electron chi connectivity index (χ0n) is 9.99. The number of aromatic nitrogens is 2. The minimum atomic E-state index is -0.930. The topological polar surface area (TPSA) is 95.3 Å². The van der Waals surface area contributed by atoms with Crippen molar-refractivity contribution in [2.24, 2.45) is 0 Å². The average molecular weight is 251 g/mol. The Balaban J connectivity index is 2.01. The molecule has 1 aromatic rings. The van der Waals surface area contributed by atoms with Crippen molar-refractivity contribution in [1.29, 1.82) is 0 Å². The Labute approximate surface area is 105 Å². The summed E-state index contributed by atoms with van der Waals surface area (Å²) in [7, 11) is 0. The lowest BCUT2D eigenvalue weighted by molar-refractivity contribution is -0.00133. The van der Waals surface area contributed by atoms with Crippen molar-refractivity contribution >= 4 is 5.91 Å². The van der Waals surface area contributed by atoms with E-state index in [0.29, 0.717) is 12.8 Å². The highest BCUT2D eigenvalue weighted by Gasteiger charge is 2.30. The molecule has 1 aliphatic rings. The number of hydrogen-bond acceptors (Lipinski definition) is 5. The Morgan fingerprint density at radius 3 is 2.61 bits per heavy atom. The van der Waals surface area contributed by atoms with E-state index in [2.05, 4.69) is 15.3 Å². The van der Waals surface area contributed by atoms with Crippen molar-refractivity contribution in [1.82, 2.24) is 15.3 Å². The lowest BCUT2D eigenvalue weighted by Crippen LogP contribution is -2.47. The van der Waals surface area contributed by atoms with Gasteiger partial charge in [0.15, 0.2) is 0 Å². The van der Waals surface area contributed by atoms with Gasteiger partial charge in [-0.25, -0.2) is 9.97 Å². The summed E-state index contributed by atoms with van der Waals surface area (Å²) in [5.41, 5.74) is 0. The van der Waals surface area contributed by atoms with E-state index in [-0.39, 0.29) is 5.82 Å². The molecular formula is C12H17N3O3. The van der Waals surface area contributed by atoms with Crippen molar-refractivity contribution in [3.8, 4) is 0 Å². The summed E-state index contributed by atoms with van der Waals surface area (Å²) in [4.78, 5) is 19.5. The van der Waals surface area contributed by atoms with E-state index in [4.69, 9.17) is 0 Å². The molecule has 98 valence electrons. The molecule has 1 saturated carbocycles. The predicted molar refractivity (Wildman–Crippen MR) is 63.8 cm³/mol. The molecule has 0 bridgehead atoms. The van der Waals surface area contributed by atoms with Crippen LogP contribution in [0.3, 0.4) is 0 Å². The van der Waals surface area contributed by atoms with E-state index in [1.165, 1.54) is 12.4 Å². The van der Waals surface area contributed by atoms with Crippen molar-refractivity contribution in [2.45, 2.75) is 43.9 Å². The average Bonchev–Trinajstić information content (AvgIpc) is 2.55. The number of hydrogen-bond donors (Lipinski definition) is 3. The number of nitrogens with zero attached hydrogens (tertiary/aromatic N) is 2. The van der Waals surface area contributed by atoms with Crippen LogP contribution in [0.15, 0.2) is 18.5 Å². The maximum Gasteiger partial charge on any atom is 0.289 e. The van der Waals surface area contributed by atoms with E-state index in [9.17, 15) is 15.0 Å². The van der Waals surface area contributed by atoms with Gasteiger partial charge in [-0.15, -0.1) is 0 Å². The third-order valence-electron chi connectivity index (χ3n) is 3.16. The Kier molecular flexibility index (Phi) is 4.22. The van der Waals surface area contributed by atoms with Crippen LogP contribution in [0.5, 0.6) is 0 Å². The van der Waals surface area contributed by atoms with Crippen LogP contribution in [0, 0.1) is 0 Å². The molecule has 6 heteroatoms. The van der Waals surface area contributed by atoms with Gasteiger partial charge < -0.3 is 15.5 Å². The number of aliphatic hydroxyl groups is 2. The first-order valence-electron chi connectivity index (χ1n) is 6.12. The molecule has 0 saturated heterocycles. The molecule has 2 rings (SSSR count). The van der Waals surface area contributed by atoms with Gasteiger partial charge in [0.2, 0.25) is 5.82 Å². The quantitative estimate of drug-likeness (QED) is 0.636. The Morgan fingerprint density at radius 1 is 1.22 bits per heavy atom. The monoisotopic (exact) mass is 251 g/mol. The normalized spacial score (nSPS) is 28.4. The second-order valence-electron chi connectivity index (χ2n) is 4.49. The van der Waals surface area contributed by atoms with E-state index < -0.39 is 24.2 Å². The van der Waals surface area contributed by atoms with Crippen molar-refractivity contribution in [2.75, 3.05) is 0 Å². The lowest BCUT2D eigenvalue weighted by Gasteiger charge is -2.24. The third-order valence-corrected chi connectivity index (χ3v) is 3.16. The molecule has 1 amide bonds. The first kappa shape index (κ1) is 12.9. The van der Waals surface area contributed by atoms with Gasteiger partial charge in [0.1, 0.15) is 6.10 Å². The first-order chi connectivity index (χ1) is 8.68. The molecule has 0 radical (unpaired) electrons. The van der Waals surface area contributed by atoms with Crippen molar-refractivity contribution in [3.05, 3.63) is 24.3 Å². The zero-order chi connectivity index (χ0) is 13.0. The van der Waals surface area contributed by atoms with E-state index >= 15 is 0 Å². The minimum Gasteiger partial charge on any atom is -0.390 e. The molecular weight excluding hydrogens is 234 g/mol. The van der Waals surface area contributed by atoms with Crippen LogP contribution in [0.2, 0.25) is 0 Å². The van der Waals surface area contributed by atoms with Crippen LogP contribution in [0.4, 0.5) is 0 Å². The number of rotatable bonds is 2. The lowest BCUT2D eigenvalue weighted by atomic mass is 10.0. The van der Waals surface area contributed by atoms with Crippen molar-refractivity contribution < 1.29 is 15.0 Å². The Hall–Kier alpha value is -1.53. The third kappa shape index (κ3) is 3.02. The van der Waals surface area contributed by atoms with Gasteiger partial charge in [-0.3, -0.25) is 4.79 Å². The number of carbonyl (C=O) groups excluding carboxylic acids is 1. The zero-order valence-corrected chi connectivity index (χ0v) is 9.99. The van der Waals surface area contributed by atoms with E-state index in [0.717, 1.165) is 12.8 Å². The van der Waals surface area contributed by atoms with Crippen LogP contribution >= 0.6 is 0 Å². The second kappa shape index (κ2) is 5.88. The molecule has 18 heavy (non-hydrogen) atoms. The van der Waals surface area contributed by atoms with E-state index in [1.54, 1.807) is 6.07 Å². The molecule has 3 atom stereocenters. The van der Waals surface area contributed by atoms with Crippen LogP contribution in [0.25, 0.3) is 0 Å². The molecule has 1 heterocycles. The Bertz CT molecular complexity index is 399. The smallest absolute Gasteiger partial charge is 0.289 e. The van der Waals surface area contributed by atoms with Crippen LogP contribution in [0.1, 0.15) is 36.3 Å². The molecule has 6 nitrogen and oxygen atoms in total. The molecule has 1 aliphatic carbocycles. The predicted octanol–water partition coefficient (Wildman–Crippen LogP) is -0.129. The highest BCUT2D eigenvalue weighted by Crippen LogP contribution is 2.18. The fraction of sp³-hybridized carbons (Fsp3) is 0.583. The fourth-order valence-electron chi connectivity index (χ4n) is 2.13. The summed E-state index contributed by atoms with van der Waals surface area (Å²) in [5, 5.41) is 22.3. The van der Waals surface area contributed by atoms with Gasteiger partial charge in [-0.1, -0.05) is 12.8 Å². The van der Waals surface area contributed by atoms with Crippen molar-refractivity contribution in [3.63, 3.8) is 0 Å². The van der Waals surface area contributed by atoms with Gasteiger partial charge in [0, 0.05) is 12.4 Å². The van der Waals surface area contributed by atoms with E-state index in [1.807, 2.05) is 0 Å². The summed E-state index contributed by atoms with van der Waals surface area (Å²) in [6, 6.07) is 1.18. The van der Waals surface area contributed by atoms with Gasteiger partial charge >= 0.3 is 0 Å². The van der Waals surface area contributed by atoms with Crippen LogP contribution < -0.4 is 5.32 Å². The summed E-state index contributed by atoms with van der Waals surface area (Å²) < 4.78 is 0. The maximum absolute atomic E-state index is 11.8. The van der Waals surface area contributed by atoms with Crippen LogP contribution in [-0.2, 0) is 0 Å². The molecule has 0 aromatic carbocycles. The second-order valence-corrected chi connectivity index (χ2v) is 4.49. The van der Waals surface area contributed by atoms with Gasteiger partial charge in [0.25, 0.3) is 5.91 Å². The van der Waals surface area contributed by atoms with Gasteiger partial charge in [-0.05, 0) is 18.9 Å². The fourth-order valence-corrected chi connectivity index (χ4v) is 2.13. The minimum absolute atomic E-state index is 0.0726. The Morgan fingerprint density at radius 2 is 1.89 bits per heavy atom. The molecule has 0 aliphatic heterocycles. The number of amides is 1. The molecule has 0 spiro atoms. The molecule has 3 N–H and O–H groups in total. The summed E-state index contributed by atoms with van der Waals surface area (Å²) in [6.07, 6.45) is 4.20. The first-order valence-corrected chi connectivity index (χ1v) is 6.12. The number of aliphatic hydroxyl groups excluding tert-OH is 2. The summed E-state index contributed by atoms with van der Waals surface area (Å²) in [5.74, 6) is -0.350. The SMILES string of the molecule is O=C(N[C@@H]1CCCC[C@@H](O)[C@@H]1O)c1ncccn1. The summed E-state index contributed by atoms with van der Waals surface area (Å²) >= 11 is 0. The van der Waals surface area contributed by atoms with Crippen LogP contribution in [-0.4, -0.2) is 44.3 Å². The highest BCUT2D eigenvalue weighted by atomic mass is 16.3. The highest BCUT2D eigenvalue weighted by molar-refractivity contribution is 5.90. The maximum atomic E-state index is 11.8. The molecule has 1 aromatic heterocycles. The largest absolute Gasteiger partial charge is 0.390 e.